The van der Waals surface area contributed by atoms with E-state index in [1.165, 1.54) is 0 Å². The summed E-state index contributed by atoms with van der Waals surface area (Å²) in [6.07, 6.45) is 7.78. The van der Waals surface area contributed by atoms with E-state index in [0.717, 1.165) is 47.9 Å². The second-order valence-electron chi connectivity index (χ2n) is 8.50. The van der Waals surface area contributed by atoms with Crippen LogP contribution in [0.15, 0.2) is 47.6 Å². The number of thioether (sulfide) groups is 1. The van der Waals surface area contributed by atoms with E-state index in [4.69, 9.17) is 10.7 Å². The van der Waals surface area contributed by atoms with Crippen LogP contribution in [-0.2, 0) is 0 Å². The number of aromatic nitrogens is 3. The normalized spacial score (nSPS) is 18.6. The fourth-order valence-electron chi connectivity index (χ4n) is 4.17. The van der Waals surface area contributed by atoms with Crippen LogP contribution in [0, 0.1) is 6.92 Å². The Morgan fingerprint density at radius 2 is 2.06 bits per heavy atom. The Hall–Kier alpha value is -3.20. The Kier molecular flexibility index (Phi) is 7.95. The standard InChI is InChI=1S/C25H31N7OS/c1-16-10-11-18-17(15-16)23(32-24(30-18)25(33)28-13-14-34-2)31-20-8-4-3-7-19(20)29-22(26)21-9-5-6-12-27-21/h5-6,9-12,15,19-20H,3-4,7-8,13-14H2,1-2H3,(H2,26,29)(H,28,33)(H,30,31,32)/t19-,20+/m1/s1. The highest BCUT2D eigenvalue weighted by Crippen LogP contribution is 2.28. The van der Waals surface area contributed by atoms with E-state index >= 15 is 0 Å². The van der Waals surface area contributed by atoms with Gasteiger partial charge in [-0.3, -0.25) is 14.8 Å². The van der Waals surface area contributed by atoms with Gasteiger partial charge >= 0.3 is 0 Å². The molecule has 1 aliphatic rings. The van der Waals surface area contributed by atoms with Crippen molar-refractivity contribution in [2.45, 2.75) is 44.7 Å². The lowest BCUT2D eigenvalue weighted by molar-refractivity contribution is 0.0946. The quantitative estimate of drug-likeness (QED) is 0.258. The molecule has 1 saturated carbocycles. The van der Waals surface area contributed by atoms with Crippen LogP contribution < -0.4 is 16.4 Å². The van der Waals surface area contributed by atoms with Gasteiger partial charge in [0.25, 0.3) is 5.91 Å². The summed E-state index contributed by atoms with van der Waals surface area (Å²) < 4.78 is 0. The Bertz CT molecular complexity index is 1170. The third-order valence-electron chi connectivity index (χ3n) is 5.93. The number of amidine groups is 1. The molecule has 1 aromatic carbocycles. The van der Waals surface area contributed by atoms with E-state index in [9.17, 15) is 4.79 Å². The summed E-state index contributed by atoms with van der Waals surface area (Å²) in [6.45, 7) is 2.61. The molecule has 0 unspecified atom stereocenters. The SMILES string of the molecule is CSCCNC(=O)c1nc(N[C@H]2CCCC[C@H]2N=C(N)c2ccccn2)c2cc(C)ccc2n1. The van der Waals surface area contributed by atoms with Crippen molar-refractivity contribution >= 4 is 40.2 Å². The van der Waals surface area contributed by atoms with Gasteiger partial charge < -0.3 is 16.4 Å². The van der Waals surface area contributed by atoms with Gasteiger partial charge in [0.1, 0.15) is 17.3 Å². The van der Waals surface area contributed by atoms with Gasteiger partial charge in [0.2, 0.25) is 5.82 Å². The molecule has 9 heteroatoms. The molecule has 8 nitrogen and oxygen atoms in total. The van der Waals surface area contributed by atoms with Crippen molar-refractivity contribution in [1.82, 2.24) is 20.3 Å². The second-order valence-corrected chi connectivity index (χ2v) is 9.48. The molecule has 0 bridgehead atoms. The molecule has 0 saturated heterocycles. The van der Waals surface area contributed by atoms with E-state index in [1.54, 1.807) is 18.0 Å². The number of amides is 1. The van der Waals surface area contributed by atoms with Crippen molar-refractivity contribution < 1.29 is 4.79 Å². The first-order valence-corrected chi connectivity index (χ1v) is 13.0. The fraction of sp³-hybridized carbons (Fsp3) is 0.400. The van der Waals surface area contributed by atoms with Crippen LogP contribution >= 0.6 is 11.8 Å². The number of fused-ring (bicyclic) bond motifs is 1. The summed E-state index contributed by atoms with van der Waals surface area (Å²) in [6, 6.07) is 11.7. The first kappa shape index (κ1) is 23.9. The molecule has 0 aliphatic heterocycles. The van der Waals surface area contributed by atoms with Gasteiger partial charge in [-0.1, -0.05) is 30.5 Å². The Morgan fingerprint density at radius 1 is 1.21 bits per heavy atom. The molecule has 1 aliphatic carbocycles. The van der Waals surface area contributed by atoms with Gasteiger partial charge in [-0.25, -0.2) is 9.97 Å². The first-order chi connectivity index (χ1) is 16.5. The zero-order valence-corrected chi connectivity index (χ0v) is 20.4. The van der Waals surface area contributed by atoms with E-state index in [-0.39, 0.29) is 23.8 Å². The Labute approximate surface area is 204 Å². The Morgan fingerprint density at radius 3 is 2.85 bits per heavy atom. The molecule has 2 aromatic heterocycles. The van der Waals surface area contributed by atoms with Crippen LogP contribution in [0.4, 0.5) is 5.82 Å². The van der Waals surface area contributed by atoms with Crippen LogP contribution in [0.2, 0.25) is 0 Å². The highest BCUT2D eigenvalue weighted by Gasteiger charge is 2.27. The number of carbonyl (C=O) groups is 1. The van der Waals surface area contributed by atoms with E-state index in [2.05, 4.69) is 31.7 Å². The van der Waals surface area contributed by atoms with E-state index in [1.807, 2.05) is 43.5 Å². The van der Waals surface area contributed by atoms with Gasteiger partial charge in [-0.15, -0.1) is 0 Å². The number of aliphatic imine (C=N–C) groups is 1. The molecule has 3 aromatic rings. The number of hydrogen-bond donors (Lipinski definition) is 3. The van der Waals surface area contributed by atoms with Crippen molar-refractivity contribution in [3.05, 3.63) is 59.7 Å². The zero-order chi connectivity index (χ0) is 23.9. The summed E-state index contributed by atoms with van der Waals surface area (Å²) >= 11 is 1.68. The highest BCUT2D eigenvalue weighted by molar-refractivity contribution is 7.98. The topological polar surface area (TPSA) is 118 Å². The molecule has 4 N–H and O–H groups in total. The van der Waals surface area contributed by atoms with Crippen molar-refractivity contribution in [3.8, 4) is 0 Å². The molecule has 34 heavy (non-hydrogen) atoms. The number of nitrogens with two attached hydrogens (primary N) is 1. The van der Waals surface area contributed by atoms with Crippen LogP contribution in [0.25, 0.3) is 10.9 Å². The van der Waals surface area contributed by atoms with E-state index in [0.29, 0.717) is 23.9 Å². The minimum absolute atomic E-state index is 0.00978. The molecule has 2 atom stereocenters. The minimum atomic E-state index is -0.266. The summed E-state index contributed by atoms with van der Waals surface area (Å²) in [5.41, 5.74) is 8.82. The van der Waals surface area contributed by atoms with Gasteiger partial charge in [0.15, 0.2) is 0 Å². The van der Waals surface area contributed by atoms with Crippen LogP contribution in [0.5, 0.6) is 0 Å². The van der Waals surface area contributed by atoms with Gasteiger partial charge in [0.05, 0.1) is 11.6 Å². The van der Waals surface area contributed by atoms with Crippen molar-refractivity contribution in [1.29, 1.82) is 0 Å². The average molecular weight is 478 g/mol. The number of pyridine rings is 1. The lowest BCUT2D eigenvalue weighted by Gasteiger charge is -2.30. The van der Waals surface area contributed by atoms with Crippen molar-refractivity contribution in [2.24, 2.45) is 10.7 Å². The molecule has 0 radical (unpaired) electrons. The van der Waals surface area contributed by atoms with Gasteiger partial charge in [0, 0.05) is 29.9 Å². The monoisotopic (exact) mass is 477 g/mol. The minimum Gasteiger partial charge on any atom is -0.382 e. The number of carbonyl (C=O) groups excluding carboxylic acids is 1. The van der Waals surface area contributed by atoms with Crippen LogP contribution in [0.3, 0.4) is 0 Å². The Balaban J connectivity index is 1.64. The number of rotatable bonds is 8. The molecule has 1 fully saturated rings. The highest BCUT2D eigenvalue weighted by atomic mass is 32.2. The van der Waals surface area contributed by atoms with Crippen LogP contribution in [0.1, 0.15) is 47.6 Å². The predicted molar refractivity (Wildman–Crippen MR) is 140 cm³/mol. The lowest BCUT2D eigenvalue weighted by atomic mass is 9.90. The number of benzene rings is 1. The van der Waals surface area contributed by atoms with Crippen molar-refractivity contribution in [2.75, 3.05) is 23.9 Å². The smallest absolute Gasteiger partial charge is 0.289 e. The number of anilines is 1. The molecule has 0 spiro atoms. The van der Waals surface area contributed by atoms with Gasteiger partial charge in [-0.05, 0) is 50.3 Å². The van der Waals surface area contributed by atoms with Crippen LogP contribution in [-0.4, -0.2) is 57.3 Å². The van der Waals surface area contributed by atoms with Crippen molar-refractivity contribution in [3.63, 3.8) is 0 Å². The molecule has 178 valence electrons. The average Bonchev–Trinajstić information content (AvgIpc) is 2.86. The maximum Gasteiger partial charge on any atom is 0.289 e. The largest absolute Gasteiger partial charge is 0.382 e. The fourth-order valence-corrected chi connectivity index (χ4v) is 4.47. The number of aryl methyl sites for hydroxylation is 1. The number of nitrogens with one attached hydrogen (secondary N) is 2. The first-order valence-electron chi connectivity index (χ1n) is 11.6. The zero-order valence-electron chi connectivity index (χ0n) is 19.6. The maximum absolute atomic E-state index is 12.7. The summed E-state index contributed by atoms with van der Waals surface area (Å²) in [5.74, 6) is 1.84. The molecule has 1 amide bonds. The summed E-state index contributed by atoms with van der Waals surface area (Å²) in [5, 5.41) is 7.40. The number of hydrogen-bond acceptors (Lipinski definition) is 7. The second kappa shape index (κ2) is 11.3. The molecular weight excluding hydrogens is 446 g/mol. The predicted octanol–water partition coefficient (Wildman–Crippen LogP) is 3.55. The third-order valence-corrected chi connectivity index (χ3v) is 6.54. The van der Waals surface area contributed by atoms with Gasteiger partial charge in [-0.2, -0.15) is 11.8 Å². The molecular formula is C25H31N7OS. The third kappa shape index (κ3) is 5.83. The lowest BCUT2D eigenvalue weighted by Crippen LogP contribution is -2.37. The summed E-state index contributed by atoms with van der Waals surface area (Å²) in [4.78, 5) is 31.1. The summed E-state index contributed by atoms with van der Waals surface area (Å²) in [7, 11) is 0. The maximum atomic E-state index is 12.7. The molecule has 2 heterocycles. The van der Waals surface area contributed by atoms with E-state index < -0.39 is 0 Å². The molecule has 4 rings (SSSR count). The number of nitrogens with zero attached hydrogens (tertiary/aromatic N) is 4.